The van der Waals surface area contributed by atoms with Gasteiger partial charge in [-0.15, -0.1) is 0 Å². The molecule has 0 saturated carbocycles. The minimum atomic E-state index is -1.20. The van der Waals surface area contributed by atoms with E-state index in [1.807, 2.05) is 6.07 Å². The van der Waals surface area contributed by atoms with E-state index >= 15 is 0 Å². The highest BCUT2D eigenvalue weighted by Gasteiger charge is 2.20. The van der Waals surface area contributed by atoms with E-state index in [0.717, 1.165) is 17.7 Å². The summed E-state index contributed by atoms with van der Waals surface area (Å²) >= 11 is 0. The van der Waals surface area contributed by atoms with Crippen LogP contribution in [0.25, 0.3) is 16.9 Å². The number of benzene rings is 2. The largest absolute Gasteiger partial charge is 0.472 e. The average molecular weight is 478 g/mol. The van der Waals surface area contributed by atoms with Crippen molar-refractivity contribution in [3.63, 3.8) is 0 Å². The lowest BCUT2D eigenvalue weighted by Gasteiger charge is -2.17. The van der Waals surface area contributed by atoms with Crippen molar-refractivity contribution in [1.82, 2.24) is 19.5 Å². The normalized spacial score (nSPS) is 11.5. The predicted molar refractivity (Wildman–Crippen MR) is 126 cm³/mol. The number of hydrogen-bond acceptors (Lipinski definition) is 6. The lowest BCUT2D eigenvalue weighted by Crippen LogP contribution is -2.25. The van der Waals surface area contributed by atoms with Gasteiger partial charge in [-0.1, -0.05) is 12.1 Å². The molecule has 2 aromatic carbocycles. The van der Waals surface area contributed by atoms with E-state index in [4.69, 9.17) is 4.74 Å². The fourth-order valence-corrected chi connectivity index (χ4v) is 3.53. The number of ether oxygens (including phenoxy) is 1. The molecular weight excluding hydrogens is 454 g/mol. The van der Waals surface area contributed by atoms with Gasteiger partial charge in [-0.25, -0.2) is 18.7 Å². The van der Waals surface area contributed by atoms with Crippen LogP contribution in [0.2, 0.25) is 0 Å². The van der Waals surface area contributed by atoms with Gasteiger partial charge in [0.05, 0.1) is 16.9 Å². The number of aliphatic hydroxyl groups is 1. The SMILES string of the molecule is Cc1c(OCc2ccc(F)cc2F)nc(C)n(-c2cccc(-c3ccnc(C(C)(C)O)n3)c2)c1=O. The maximum atomic E-state index is 13.9. The number of halogens is 2. The Bertz CT molecular complexity index is 1460. The van der Waals surface area contributed by atoms with Crippen molar-refractivity contribution in [3.8, 4) is 22.8 Å². The minimum absolute atomic E-state index is 0.0780. The van der Waals surface area contributed by atoms with Crippen molar-refractivity contribution in [2.24, 2.45) is 0 Å². The van der Waals surface area contributed by atoms with Crippen molar-refractivity contribution in [2.45, 2.75) is 39.9 Å². The van der Waals surface area contributed by atoms with Crippen LogP contribution in [0.15, 0.2) is 59.5 Å². The first-order chi connectivity index (χ1) is 16.5. The molecule has 0 aliphatic heterocycles. The molecule has 0 radical (unpaired) electrons. The van der Waals surface area contributed by atoms with E-state index in [0.29, 0.717) is 17.2 Å². The Morgan fingerprint density at radius 3 is 2.54 bits per heavy atom. The third-order valence-electron chi connectivity index (χ3n) is 5.41. The molecule has 4 rings (SSSR count). The smallest absolute Gasteiger partial charge is 0.264 e. The molecule has 4 aromatic rings. The van der Waals surface area contributed by atoms with E-state index in [1.165, 1.54) is 10.6 Å². The molecule has 0 amide bonds. The molecule has 0 unspecified atom stereocenters. The van der Waals surface area contributed by atoms with Crippen LogP contribution >= 0.6 is 0 Å². The standard InChI is InChI=1S/C26H24F2N4O3/c1-15-23(35-14-18-8-9-19(27)13-21(18)28)30-16(2)32(24(15)33)20-7-5-6-17(12-20)22-10-11-29-25(31-22)26(3,4)34/h5-13,34H,14H2,1-4H3. The summed E-state index contributed by atoms with van der Waals surface area (Å²) in [5.74, 6) is -0.687. The van der Waals surface area contributed by atoms with Crippen molar-refractivity contribution >= 4 is 0 Å². The summed E-state index contributed by atoms with van der Waals surface area (Å²) in [6.45, 7) is 6.25. The molecule has 9 heteroatoms. The van der Waals surface area contributed by atoms with Gasteiger partial charge in [0.1, 0.15) is 29.7 Å². The highest BCUT2D eigenvalue weighted by atomic mass is 19.1. The zero-order valence-electron chi connectivity index (χ0n) is 19.7. The van der Waals surface area contributed by atoms with Gasteiger partial charge in [0.25, 0.3) is 5.56 Å². The second-order valence-corrected chi connectivity index (χ2v) is 8.63. The first-order valence-corrected chi connectivity index (χ1v) is 10.9. The molecule has 180 valence electrons. The molecule has 2 aromatic heterocycles. The Morgan fingerprint density at radius 2 is 1.83 bits per heavy atom. The van der Waals surface area contributed by atoms with E-state index < -0.39 is 17.2 Å². The Balaban J connectivity index is 1.67. The third kappa shape index (κ3) is 5.09. The zero-order chi connectivity index (χ0) is 25.3. The van der Waals surface area contributed by atoms with Crippen LogP contribution in [0.1, 0.15) is 36.6 Å². The van der Waals surface area contributed by atoms with Crippen molar-refractivity contribution in [2.75, 3.05) is 0 Å². The number of aryl methyl sites for hydroxylation is 1. The maximum absolute atomic E-state index is 13.9. The number of rotatable bonds is 6. The van der Waals surface area contributed by atoms with Gasteiger partial charge in [0, 0.05) is 23.4 Å². The molecule has 0 spiro atoms. The molecule has 0 saturated heterocycles. The summed E-state index contributed by atoms with van der Waals surface area (Å²) in [7, 11) is 0. The van der Waals surface area contributed by atoms with Crippen LogP contribution in [0.5, 0.6) is 5.88 Å². The summed E-state index contributed by atoms with van der Waals surface area (Å²) < 4.78 is 34.1. The van der Waals surface area contributed by atoms with Crippen LogP contribution in [-0.2, 0) is 12.2 Å². The van der Waals surface area contributed by atoms with Gasteiger partial charge in [-0.3, -0.25) is 9.36 Å². The quantitative estimate of drug-likeness (QED) is 0.442. The molecule has 0 fully saturated rings. The summed E-state index contributed by atoms with van der Waals surface area (Å²) in [5.41, 5.74) is 0.744. The Morgan fingerprint density at radius 1 is 1.06 bits per heavy atom. The fraction of sp³-hybridized carbons (Fsp3) is 0.231. The number of aromatic nitrogens is 4. The van der Waals surface area contributed by atoms with Gasteiger partial charge in [-0.2, -0.15) is 4.98 Å². The summed E-state index contributed by atoms with van der Waals surface area (Å²) in [5, 5.41) is 10.2. The molecule has 35 heavy (non-hydrogen) atoms. The van der Waals surface area contributed by atoms with Gasteiger partial charge in [-0.05, 0) is 58.0 Å². The third-order valence-corrected chi connectivity index (χ3v) is 5.41. The van der Waals surface area contributed by atoms with Crippen LogP contribution in [0.4, 0.5) is 8.78 Å². The van der Waals surface area contributed by atoms with Crippen LogP contribution in [0.3, 0.4) is 0 Å². The fourth-order valence-electron chi connectivity index (χ4n) is 3.53. The van der Waals surface area contributed by atoms with Gasteiger partial charge >= 0.3 is 0 Å². The summed E-state index contributed by atoms with van der Waals surface area (Å²) in [6.07, 6.45) is 1.57. The first-order valence-electron chi connectivity index (χ1n) is 10.9. The second kappa shape index (κ2) is 9.34. The first kappa shape index (κ1) is 24.2. The van der Waals surface area contributed by atoms with E-state index in [-0.39, 0.29) is 35.0 Å². The summed E-state index contributed by atoms with van der Waals surface area (Å²) in [6, 6.07) is 12.1. The monoisotopic (exact) mass is 478 g/mol. The number of nitrogens with zero attached hydrogens (tertiary/aromatic N) is 4. The van der Waals surface area contributed by atoms with Gasteiger partial charge in [0.15, 0.2) is 5.82 Å². The molecule has 2 heterocycles. The molecular formula is C26H24F2N4O3. The maximum Gasteiger partial charge on any atom is 0.264 e. The number of hydrogen-bond donors (Lipinski definition) is 1. The zero-order valence-corrected chi connectivity index (χ0v) is 19.7. The molecule has 7 nitrogen and oxygen atoms in total. The van der Waals surface area contributed by atoms with Crippen LogP contribution < -0.4 is 10.3 Å². The highest BCUT2D eigenvalue weighted by molar-refractivity contribution is 5.62. The second-order valence-electron chi connectivity index (χ2n) is 8.63. The van der Waals surface area contributed by atoms with E-state index in [2.05, 4.69) is 15.0 Å². The van der Waals surface area contributed by atoms with E-state index in [1.54, 1.807) is 58.2 Å². The average Bonchev–Trinajstić information content (AvgIpc) is 2.81. The van der Waals surface area contributed by atoms with Crippen molar-refractivity contribution in [1.29, 1.82) is 0 Å². The molecule has 0 aliphatic rings. The topological polar surface area (TPSA) is 90.1 Å². The predicted octanol–water partition coefficient (Wildman–Crippen LogP) is 4.39. The van der Waals surface area contributed by atoms with Crippen molar-refractivity contribution in [3.05, 3.63) is 99.5 Å². The Hall–Kier alpha value is -3.98. The van der Waals surface area contributed by atoms with E-state index in [9.17, 15) is 18.7 Å². The van der Waals surface area contributed by atoms with Crippen molar-refractivity contribution < 1.29 is 18.6 Å². The van der Waals surface area contributed by atoms with Gasteiger partial charge < -0.3 is 9.84 Å². The molecule has 0 atom stereocenters. The minimum Gasteiger partial charge on any atom is -0.472 e. The molecule has 0 bridgehead atoms. The highest BCUT2D eigenvalue weighted by Crippen LogP contribution is 2.24. The molecule has 0 aliphatic carbocycles. The lowest BCUT2D eigenvalue weighted by atomic mass is 10.1. The van der Waals surface area contributed by atoms with Crippen LogP contribution in [0, 0.1) is 25.5 Å². The van der Waals surface area contributed by atoms with Crippen LogP contribution in [-0.4, -0.2) is 24.6 Å². The lowest BCUT2D eigenvalue weighted by molar-refractivity contribution is 0.0688. The molecule has 1 N–H and O–H groups in total. The Kier molecular flexibility index (Phi) is 6.45. The summed E-state index contributed by atoms with van der Waals surface area (Å²) in [4.78, 5) is 26.2. The van der Waals surface area contributed by atoms with Gasteiger partial charge in [0.2, 0.25) is 5.88 Å². The Labute approximate surface area is 200 Å².